The van der Waals surface area contributed by atoms with Gasteiger partial charge in [0.1, 0.15) is 5.69 Å². The maximum Gasteiger partial charge on any atom is 0.272 e. The first-order chi connectivity index (χ1) is 13.7. The molecule has 146 valence electrons. The van der Waals surface area contributed by atoms with E-state index in [1.807, 2.05) is 29.2 Å². The highest BCUT2D eigenvalue weighted by atomic mass is 16.7. The molecule has 0 unspecified atom stereocenters. The van der Waals surface area contributed by atoms with Crippen molar-refractivity contribution in [2.75, 3.05) is 38.4 Å². The van der Waals surface area contributed by atoms with E-state index in [0.717, 1.165) is 17.1 Å². The normalized spacial score (nSPS) is 19.8. The molecule has 4 heterocycles. The number of benzene rings is 1. The minimum Gasteiger partial charge on any atom is -0.454 e. The molecule has 1 N–H and O–H groups in total. The molecule has 1 amide bonds. The number of nitrogens with zero attached hydrogens (tertiary/aromatic N) is 2. The number of anilines is 2. The molecular formula is C20H21N3O5. The van der Waals surface area contributed by atoms with E-state index in [0.29, 0.717) is 50.6 Å². The molecule has 1 aromatic carbocycles. The van der Waals surface area contributed by atoms with Crippen molar-refractivity contribution in [2.45, 2.75) is 18.6 Å². The zero-order valence-corrected chi connectivity index (χ0v) is 15.3. The number of hydrogen-bond donors (Lipinski definition) is 1. The highest BCUT2D eigenvalue weighted by Crippen LogP contribution is 2.35. The summed E-state index contributed by atoms with van der Waals surface area (Å²) in [7, 11) is 0. The van der Waals surface area contributed by atoms with Crippen LogP contribution in [-0.4, -0.2) is 54.7 Å². The van der Waals surface area contributed by atoms with Gasteiger partial charge < -0.3 is 29.2 Å². The first-order valence-electron chi connectivity index (χ1n) is 9.41. The van der Waals surface area contributed by atoms with Crippen LogP contribution >= 0.6 is 0 Å². The Balaban J connectivity index is 1.27. The van der Waals surface area contributed by atoms with Gasteiger partial charge in [-0.05, 0) is 24.3 Å². The molecule has 0 saturated carbocycles. The number of likely N-dealkylation sites (tertiary alicyclic amines) is 1. The number of pyridine rings is 1. The van der Waals surface area contributed by atoms with Gasteiger partial charge in [0, 0.05) is 49.6 Å². The topological polar surface area (TPSA) is 82.2 Å². The van der Waals surface area contributed by atoms with Gasteiger partial charge in [-0.25, -0.2) is 0 Å². The van der Waals surface area contributed by atoms with E-state index in [9.17, 15) is 4.79 Å². The summed E-state index contributed by atoms with van der Waals surface area (Å²) < 4.78 is 22.2. The maximum absolute atomic E-state index is 12.9. The van der Waals surface area contributed by atoms with Crippen LogP contribution in [0, 0.1) is 0 Å². The summed E-state index contributed by atoms with van der Waals surface area (Å²) in [6.07, 6.45) is 3.01. The number of piperidine rings is 1. The minimum atomic E-state index is -0.493. The fraction of sp³-hybridized carbons (Fsp3) is 0.400. The van der Waals surface area contributed by atoms with Gasteiger partial charge in [0.2, 0.25) is 6.79 Å². The van der Waals surface area contributed by atoms with Crippen molar-refractivity contribution in [3.05, 3.63) is 42.2 Å². The monoisotopic (exact) mass is 383 g/mol. The minimum absolute atomic E-state index is 0.0813. The first kappa shape index (κ1) is 17.3. The second kappa shape index (κ2) is 6.96. The molecule has 1 aromatic heterocycles. The van der Waals surface area contributed by atoms with Crippen molar-refractivity contribution >= 4 is 17.3 Å². The molecule has 3 aliphatic rings. The Hall–Kier alpha value is -2.84. The van der Waals surface area contributed by atoms with Gasteiger partial charge in [0.05, 0.1) is 13.2 Å². The lowest BCUT2D eigenvalue weighted by Gasteiger charge is -2.37. The van der Waals surface area contributed by atoms with Crippen molar-refractivity contribution in [3.63, 3.8) is 0 Å². The Labute approximate surface area is 162 Å². The van der Waals surface area contributed by atoms with Crippen LogP contribution < -0.4 is 14.8 Å². The van der Waals surface area contributed by atoms with Crippen molar-refractivity contribution in [1.82, 2.24) is 9.88 Å². The van der Waals surface area contributed by atoms with Crippen molar-refractivity contribution in [2.24, 2.45) is 0 Å². The van der Waals surface area contributed by atoms with Gasteiger partial charge >= 0.3 is 0 Å². The van der Waals surface area contributed by atoms with E-state index in [1.165, 1.54) is 0 Å². The molecule has 0 aliphatic carbocycles. The predicted octanol–water partition coefficient (Wildman–Crippen LogP) is 2.53. The highest BCUT2D eigenvalue weighted by molar-refractivity contribution is 5.93. The lowest BCUT2D eigenvalue weighted by Crippen LogP contribution is -2.47. The van der Waals surface area contributed by atoms with Crippen molar-refractivity contribution in [3.8, 4) is 11.5 Å². The molecule has 2 aromatic rings. The van der Waals surface area contributed by atoms with Gasteiger partial charge in [0.25, 0.3) is 5.91 Å². The van der Waals surface area contributed by atoms with Crippen LogP contribution in [0.1, 0.15) is 23.3 Å². The average molecular weight is 383 g/mol. The number of carbonyl (C=O) groups is 1. The largest absolute Gasteiger partial charge is 0.454 e. The molecule has 0 radical (unpaired) electrons. The summed E-state index contributed by atoms with van der Waals surface area (Å²) in [6.45, 7) is 2.69. The van der Waals surface area contributed by atoms with E-state index in [4.69, 9.17) is 18.9 Å². The number of fused-ring (bicyclic) bond motifs is 1. The van der Waals surface area contributed by atoms with Crippen LogP contribution in [0.2, 0.25) is 0 Å². The summed E-state index contributed by atoms with van der Waals surface area (Å²) >= 11 is 0. The summed E-state index contributed by atoms with van der Waals surface area (Å²) in [5, 5.41) is 3.29. The predicted molar refractivity (Wildman–Crippen MR) is 99.9 cm³/mol. The molecule has 1 spiro atoms. The maximum atomic E-state index is 12.9. The quantitative estimate of drug-likeness (QED) is 0.872. The summed E-state index contributed by atoms with van der Waals surface area (Å²) in [5.74, 6) is 0.859. The van der Waals surface area contributed by atoms with E-state index in [1.54, 1.807) is 12.3 Å². The lowest BCUT2D eigenvalue weighted by atomic mass is 10.0. The zero-order chi connectivity index (χ0) is 19.0. The molecule has 0 bridgehead atoms. The first-order valence-corrected chi connectivity index (χ1v) is 9.41. The lowest BCUT2D eigenvalue weighted by molar-refractivity contribution is -0.181. The van der Waals surface area contributed by atoms with Gasteiger partial charge in [-0.2, -0.15) is 0 Å². The number of nitrogens with one attached hydrogen (secondary N) is 1. The number of hydrogen-bond acceptors (Lipinski definition) is 7. The van der Waals surface area contributed by atoms with Crippen LogP contribution in [0.5, 0.6) is 11.5 Å². The van der Waals surface area contributed by atoms with Crippen molar-refractivity contribution < 1.29 is 23.7 Å². The molecule has 3 aliphatic heterocycles. The number of aromatic nitrogens is 1. The number of ether oxygens (including phenoxy) is 4. The Morgan fingerprint density at radius 1 is 1.00 bits per heavy atom. The fourth-order valence-corrected chi connectivity index (χ4v) is 3.76. The fourth-order valence-electron chi connectivity index (χ4n) is 3.76. The summed E-state index contributed by atoms with van der Waals surface area (Å²) in [4.78, 5) is 19.0. The van der Waals surface area contributed by atoms with Crippen LogP contribution in [0.4, 0.5) is 11.4 Å². The Morgan fingerprint density at radius 3 is 2.57 bits per heavy atom. The van der Waals surface area contributed by atoms with E-state index >= 15 is 0 Å². The summed E-state index contributed by atoms with van der Waals surface area (Å²) in [6, 6.07) is 9.22. The van der Waals surface area contributed by atoms with Gasteiger partial charge in [-0.1, -0.05) is 0 Å². The van der Waals surface area contributed by atoms with Crippen molar-refractivity contribution in [1.29, 1.82) is 0 Å². The molecular weight excluding hydrogens is 362 g/mol. The molecule has 0 atom stereocenters. The zero-order valence-electron chi connectivity index (χ0n) is 15.3. The Bertz CT molecular complexity index is 887. The molecule has 2 saturated heterocycles. The standard InChI is InChI=1S/C20H21N3O5/c24-19(23-7-4-20(5-8-23)27-9-10-28-20)16-11-15(3-6-21-16)22-14-1-2-17-18(12-14)26-13-25-17/h1-3,6,11-12H,4-5,7-10,13H2,(H,21,22). The highest BCUT2D eigenvalue weighted by Gasteiger charge is 2.41. The third-order valence-corrected chi connectivity index (χ3v) is 5.27. The molecule has 5 rings (SSSR count). The SMILES string of the molecule is O=C(c1cc(Nc2ccc3c(c2)OCO3)ccn1)N1CCC2(CC1)OCCO2. The van der Waals surface area contributed by atoms with Gasteiger partial charge in [-0.3, -0.25) is 9.78 Å². The second-order valence-corrected chi connectivity index (χ2v) is 7.02. The van der Waals surface area contributed by atoms with Gasteiger partial charge in [-0.15, -0.1) is 0 Å². The van der Waals surface area contributed by atoms with Gasteiger partial charge in [0.15, 0.2) is 17.3 Å². The van der Waals surface area contributed by atoms with E-state index in [-0.39, 0.29) is 12.7 Å². The number of carbonyl (C=O) groups excluding carboxylic acids is 1. The van der Waals surface area contributed by atoms with E-state index < -0.39 is 5.79 Å². The van der Waals surface area contributed by atoms with Crippen LogP contribution in [-0.2, 0) is 9.47 Å². The third kappa shape index (κ3) is 3.25. The molecule has 8 heteroatoms. The van der Waals surface area contributed by atoms with Crippen LogP contribution in [0.3, 0.4) is 0 Å². The van der Waals surface area contributed by atoms with Crippen LogP contribution in [0.15, 0.2) is 36.5 Å². The third-order valence-electron chi connectivity index (χ3n) is 5.27. The van der Waals surface area contributed by atoms with E-state index in [2.05, 4.69) is 10.3 Å². The van der Waals surface area contributed by atoms with Crippen LogP contribution in [0.25, 0.3) is 0 Å². The molecule has 2 fully saturated rings. The smallest absolute Gasteiger partial charge is 0.272 e. The Kier molecular flexibility index (Phi) is 4.29. The summed E-state index contributed by atoms with van der Waals surface area (Å²) in [5.41, 5.74) is 2.05. The second-order valence-electron chi connectivity index (χ2n) is 7.02. The molecule has 28 heavy (non-hydrogen) atoms. The number of rotatable bonds is 3. The Morgan fingerprint density at radius 2 is 1.75 bits per heavy atom. The number of amides is 1. The average Bonchev–Trinajstić information content (AvgIpc) is 3.38. The molecule has 8 nitrogen and oxygen atoms in total.